The van der Waals surface area contributed by atoms with Crippen molar-refractivity contribution in [3.8, 4) is 0 Å². The highest BCUT2D eigenvalue weighted by atomic mass is 15.1. The summed E-state index contributed by atoms with van der Waals surface area (Å²) >= 11 is 0. The van der Waals surface area contributed by atoms with Crippen molar-refractivity contribution < 1.29 is 0 Å². The van der Waals surface area contributed by atoms with Crippen LogP contribution in [0.25, 0.3) is 0 Å². The first kappa shape index (κ1) is 9.92. The van der Waals surface area contributed by atoms with Crippen molar-refractivity contribution in [1.82, 2.24) is 9.80 Å². The highest BCUT2D eigenvalue weighted by Gasteiger charge is 1.91. The average Bonchev–Trinajstić information content (AvgIpc) is 1.79. The van der Waals surface area contributed by atoms with Gasteiger partial charge in [-0.15, -0.1) is 0 Å². The predicted molar refractivity (Wildman–Crippen MR) is 46.3 cm³/mol. The van der Waals surface area contributed by atoms with Crippen molar-refractivity contribution in [2.45, 2.75) is 12.8 Å². The molecule has 0 aliphatic heterocycles. The number of unbranched alkanes of at least 4 members (excludes halogenated alkanes) is 1. The number of rotatable bonds is 5. The lowest BCUT2D eigenvalue weighted by Crippen LogP contribution is -2.17. The molecule has 2 nitrogen and oxygen atoms in total. The molecule has 0 N–H and O–H groups in total. The fourth-order valence-electron chi connectivity index (χ4n) is 0.856. The fourth-order valence-corrected chi connectivity index (χ4v) is 0.856. The maximum absolute atomic E-state index is 2.23. The van der Waals surface area contributed by atoms with Crippen LogP contribution in [0.2, 0.25) is 0 Å². The second-order valence-electron chi connectivity index (χ2n) is 3.31. The van der Waals surface area contributed by atoms with Gasteiger partial charge in [0.05, 0.1) is 0 Å². The minimum Gasteiger partial charge on any atom is -0.309 e. The Morgan fingerprint density at radius 2 is 1.00 bits per heavy atom. The van der Waals surface area contributed by atoms with Crippen LogP contribution in [0.1, 0.15) is 12.8 Å². The summed E-state index contributed by atoms with van der Waals surface area (Å²) in [5.41, 5.74) is 0. The number of nitrogens with zero attached hydrogens (tertiary/aromatic N) is 2. The molecule has 0 rings (SSSR count). The first-order valence-corrected chi connectivity index (χ1v) is 3.92. The second-order valence-corrected chi connectivity index (χ2v) is 3.31. The van der Waals surface area contributed by atoms with Gasteiger partial charge in [0.1, 0.15) is 0 Å². The van der Waals surface area contributed by atoms with Crippen LogP contribution in [0.4, 0.5) is 0 Å². The van der Waals surface area contributed by atoms with E-state index in [1.165, 1.54) is 25.9 Å². The molecule has 0 aliphatic carbocycles. The van der Waals surface area contributed by atoms with Crippen molar-refractivity contribution in [1.29, 1.82) is 0 Å². The van der Waals surface area contributed by atoms with E-state index >= 15 is 0 Å². The van der Waals surface area contributed by atoms with Gasteiger partial charge in [-0.3, -0.25) is 0 Å². The topological polar surface area (TPSA) is 6.48 Å². The zero-order valence-corrected chi connectivity index (χ0v) is 7.72. The first-order valence-electron chi connectivity index (χ1n) is 3.92. The van der Waals surface area contributed by atoms with Crippen molar-refractivity contribution in [2.75, 3.05) is 41.3 Å². The van der Waals surface area contributed by atoms with Gasteiger partial charge >= 0.3 is 0 Å². The molecule has 0 unspecified atom stereocenters. The SMILES string of the molecule is CN(C)CCCCN(C)C. The monoisotopic (exact) mass is 144 g/mol. The van der Waals surface area contributed by atoms with Crippen LogP contribution in [0.15, 0.2) is 0 Å². The van der Waals surface area contributed by atoms with Gasteiger partial charge in [-0.25, -0.2) is 0 Å². The van der Waals surface area contributed by atoms with E-state index in [0.29, 0.717) is 0 Å². The molecule has 0 heterocycles. The molecule has 0 aromatic carbocycles. The van der Waals surface area contributed by atoms with Crippen LogP contribution in [0.5, 0.6) is 0 Å². The Balaban J connectivity index is 2.91. The number of hydrogen-bond acceptors (Lipinski definition) is 2. The normalized spacial score (nSPS) is 11.4. The molecule has 0 amide bonds. The van der Waals surface area contributed by atoms with Crippen LogP contribution >= 0.6 is 0 Å². The second kappa shape index (κ2) is 5.69. The molecule has 0 fully saturated rings. The molecule has 0 aromatic heterocycles. The minimum absolute atomic E-state index is 1.22. The van der Waals surface area contributed by atoms with Crippen LogP contribution in [-0.2, 0) is 0 Å². The first-order chi connectivity index (χ1) is 4.63. The van der Waals surface area contributed by atoms with Gasteiger partial charge < -0.3 is 9.80 Å². The van der Waals surface area contributed by atoms with Gasteiger partial charge in [-0.2, -0.15) is 0 Å². The molecule has 0 aliphatic rings. The summed E-state index contributed by atoms with van der Waals surface area (Å²) in [5.74, 6) is 0. The van der Waals surface area contributed by atoms with Crippen molar-refractivity contribution >= 4 is 0 Å². The highest BCUT2D eigenvalue weighted by Crippen LogP contribution is 1.91. The van der Waals surface area contributed by atoms with Gasteiger partial charge in [0.25, 0.3) is 0 Å². The fraction of sp³-hybridized carbons (Fsp3) is 1.00. The Labute approximate surface area is 64.8 Å². The third-order valence-corrected chi connectivity index (χ3v) is 1.46. The zero-order chi connectivity index (χ0) is 7.98. The predicted octanol–water partition coefficient (Wildman–Crippen LogP) is 0.890. The Morgan fingerprint density at radius 1 is 0.700 bits per heavy atom. The lowest BCUT2D eigenvalue weighted by Gasteiger charge is -2.11. The van der Waals surface area contributed by atoms with E-state index in [4.69, 9.17) is 0 Å². The summed E-state index contributed by atoms with van der Waals surface area (Å²) in [4.78, 5) is 4.46. The highest BCUT2D eigenvalue weighted by molar-refractivity contribution is 4.48. The molecule has 0 saturated heterocycles. The van der Waals surface area contributed by atoms with E-state index in [1.807, 2.05) is 0 Å². The summed E-state index contributed by atoms with van der Waals surface area (Å²) in [6, 6.07) is 0. The van der Waals surface area contributed by atoms with Crippen LogP contribution in [0, 0.1) is 0 Å². The number of hydrogen-bond donors (Lipinski definition) is 0. The minimum atomic E-state index is 1.22. The molecule has 10 heavy (non-hydrogen) atoms. The summed E-state index contributed by atoms with van der Waals surface area (Å²) in [6.45, 7) is 2.43. The Morgan fingerprint density at radius 3 is 1.20 bits per heavy atom. The van der Waals surface area contributed by atoms with Gasteiger partial charge in [0.2, 0.25) is 0 Å². The van der Waals surface area contributed by atoms with E-state index in [1.54, 1.807) is 0 Å². The summed E-state index contributed by atoms with van der Waals surface area (Å²) < 4.78 is 0. The summed E-state index contributed by atoms with van der Waals surface area (Å²) in [5, 5.41) is 0. The van der Waals surface area contributed by atoms with E-state index in [9.17, 15) is 0 Å². The van der Waals surface area contributed by atoms with Crippen molar-refractivity contribution in [2.24, 2.45) is 0 Å². The van der Waals surface area contributed by atoms with Crippen LogP contribution in [-0.4, -0.2) is 51.1 Å². The van der Waals surface area contributed by atoms with E-state index in [2.05, 4.69) is 38.0 Å². The van der Waals surface area contributed by atoms with E-state index in [0.717, 1.165) is 0 Å². The molecule has 0 aromatic rings. The lowest BCUT2D eigenvalue weighted by molar-refractivity contribution is 0.354. The van der Waals surface area contributed by atoms with Gasteiger partial charge in [0.15, 0.2) is 0 Å². The van der Waals surface area contributed by atoms with E-state index in [-0.39, 0.29) is 0 Å². The Bertz CT molecular complexity index is 59.7. The van der Waals surface area contributed by atoms with Gasteiger partial charge in [-0.1, -0.05) is 0 Å². The molecular formula is C8H20N2. The molecule has 2 heteroatoms. The van der Waals surface area contributed by atoms with Crippen LogP contribution < -0.4 is 0 Å². The molecule has 0 spiro atoms. The Hall–Kier alpha value is -0.0800. The van der Waals surface area contributed by atoms with Crippen LogP contribution in [0.3, 0.4) is 0 Å². The molecule has 0 radical (unpaired) electrons. The smallest absolute Gasteiger partial charge is 0.00244 e. The van der Waals surface area contributed by atoms with E-state index < -0.39 is 0 Å². The molecule has 0 saturated carbocycles. The van der Waals surface area contributed by atoms with Crippen molar-refractivity contribution in [3.05, 3.63) is 0 Å². The third kappa shape index (κ3) is 7.92. The quantitative estimate of drug-likeness (QED) is 0.529. The maximum Gasteiger partial charge on any atom is -0.00244 e. The Kier molecular flexibility index (Phi) is 5.64. The molecule has 0 bridgehead atoms. The molecular weight excluding hydrogens is 124 g/mol. The average molecular weight is 144 g/mol. The third-order valence-electron chi connectivity index (χ3n) is 1.46. The van der Waals surface area contributed by atoms with Gasteiger partial charge in [0, 0.05) is 0 Å². The maximum atomic E-state index is 2.23. The molecule has 62 valence electrons. The van der Waals surface area contributed by atoms with Gasteiger partial charge in [-0.05, 0) is 54.1 Å². The van der Waals surface area contributed by atoms with Crippen molar-refractivity contribution in [3.63, 3.8) is 0 Å². The molecule has 0 atom stereocenters. The lowest BCUT2D eigenvalue weighted by atomic mass is 10.3. The standard InChI is InChI=1S/C8H20N2/c1-9(2)7-5-6-8-10(3)4/h5-8H2,1-4H3. The summed E-state index contributed by atoms with van der Waals surface area (Å²) in [7, 11) is 8.48. The summed E-state index contributed by atoms with van der Waals surface area (Å²) in [6.07, 6.45) is 2.62. The largest absolute Gasteiger partial charge is 0.309 e. The zero-order valence-electron chi connectivity index (χ0n) is 7.72.